The van der Waals surface area contributed by atoms with Crippen LogP contribution in [0.4, 0.5) is 0 Å². The van der Waals surface area contributed by atoms with E-state index in [0.29, 0.717) is 23.8 Å². The first-order valence-corrected chi connectivity index (χ1v) is 7.97. The summed E-state index contributed by atoms with van der Waals surface area (Å²) in [5, 5.41) is 0.577. The molecule has 20 heavy (non-hydrogen) atoms. The molecule has 2 aliphatic heterocycles. The maximum Gasteiger partial charge on any atom is 0.166 e. The summed E-state index contributed by atoms with van der Waals surface area (Å²) in [6.45, 7) is 1.96. The van der Waals surface area contributed by atoms with Gasteiger partial charge >= 0.3 is 0 Å². The van der Waals surface area contributed by atoms with E-state index in [4.69, 9.17) is 21.1 Å². The molecule has 108 valence electrons. The fourth-order valence-electron chi connectivity index (χ4n) is 3.05. The van der Waals surface area contributed by atoms with Gasteiger partial charge in [0.2, 0.25) is 0 Å². The van der Waals surface area contributed by atoms with Gasteiger partial charge in [-0.15, -0.1) is 0 Å². The molecule has 1 aromatic rings. The molecule has 1 spiro atoms. The number of ketones is 1. The first kappa shape index (κ1) is 14.5. The molecule has 2 unspecified atom stereocenters. The van der Waals surface area contributed by atoms with Crippen LogP contribution < -0.4 is 0 Å². The van der Waals surface area contributed by atoms with Crippen LogP contribution in [-0.4, -0.2) is 31.2 Å². The molecule has 0 amide bonds. The van der Waals surface area contributed by atoms with E-state index in [1.165, 1.54) is 0 Å². The van der Waals surface area contributed by atoms with Gasteiger partial charge in [0.1, 0.15) is 0 Å². The van der Waals surface area contributed by atoms with Gasteiger partial charge in [0, 0.05) is 40.6 Å². The Labute approximate surface area is 131 Å². The quantitative estimate of drug-likeness (QED) is 0.752. The van der Waals surface area contributed by atoms with Crippen LogP contribution in [0, 0.1) is 5.92 Å². The first-order chi connectivity index (χ1) is 9.58. The second-order valence-electron chi connectivity index (χ2n) is 5.55. The Hall–Kier alpha value is -0.420. The van der Waals surface area contributed by atoms with Gasteiger partial charge in [-0.2, -0.15) is 0 Å². The Morgan fingerprint density at radius 1 is 1.35 bits per heavy atom. The molecule has 0 N–H and O–H groups in total. The predicted octanol–water partition coefficient (Wildman–Crippen LogP) is 3.87. The summed E-state index contributed by atoms with van der Waals surface area (Å²) in [5.74, 6) is 0.151. The lowest BCUT2D eigenvalue weighted by Crippen LogP contribution is -2.42. The third kappa shape index (κ3) is 2.93. The number of Topliss-reactive ketones (excluding diaryl/α,β-unsaturated/α-hetero) is 1. The zero-order valence-electron chi connectivity index (χ0n) is 11.0. The standard InChI is InChI=1S/C15H16BrClO3/c16-12-5-11(6-13(17)7-12)14(18)10-1-3-20-15(8-10)2-4-19-9-15/h5-7,10H,1-4,8-9H2. The highest BCUT2D eigenvalue weighted by Gasteiger charge is 2.43. The van der Waals surface area contributed by atoms with Crippen molar-refractivity contribution in [2.75, 3.05) is 19.8 Å². The minimum absolute atomic E-state index is 0.00387. The number of halogens is 2. The van der Waals surface area contributed by atoms with Gasteiger partial charge in [-0.05, 0) is 31.0 Å². The normalized spacial score (nSPS) is 29.8. The molecule has 0 aromatic heterocycles. The van der Waals surface area contributed by atoms with Crippen LogP contribution in [0.15, 0.2) is 22.7 Å². The molecule has 1 aromatic carbocycles. The Bertz CT molecular complexity index is 506. The Kier molecular flexibility index (Phi) is 4.18. The highest BCUT2D eigenvalue weighted by Crippen LogP contribution is 2.37. The molecule has 2 aliphatic rings. The van der Waals surface area contributed by atoms with Crippen molar-refractivity contribution in [3.8, 4) is 0 Å². The topological polar surface area (TPSA) is 35.5 Å². The number of benzene rings is 1. The van der Waals surface area contributed by atoms with Crippen molar-refractivity contribution in [2.45, 2.75) is 24.9 Å². The largest absolute Gasteiger partial charge is 0.378 e. The van der Waals surface area contributed by atoms with Crippen molar-refractivity contribution >= 4 is 33.3 Å². The average Bonchev–Trinajstić information content (AvgIpc) is 2.85. The van der Waals surface area contributed by atoms with Crippen molar-refractivity contribution < 1.29 is 14.3 Å². The second kappa shape index (κ2) is 5.76. The molecule has 5 heteroatoms. The summed E-state index contributed by atoms with van der Waals surface area (Å²) >= 11 is 9.41. The third-order valence-electron chi connectivity index (χ3n) is 4.08. The average molecular weight is 360 g/mol. The maximum absolute atomic E-state index is 12.7. The molecular formula is C15H16BrClO3. The molecule has 3 rings (SSSR count). The van der Waals surface area contributed by atoms with Crippen LogP contribution in [0.25, 0.3) is 0 Å². The fraction of sp³-hybridized carbons (Fsp3) is 0.533. The van der Waals surface area contributed by atoms with Crippen molar-refractivity contribution in [2.24, 2.45) is 5.92 Å². The summed E-state index contributed by atoms with van der Waals surface area (Å²) < 4.78 is 12.2. The van der Waals surface area contributed by atoms with Gasteiger partial charge in [0.25, 0.3) is 0 Å². The molecule has 0 saturated carbocycles. The number of hydrogen-bond donors (Lipinski definition) is 0. The maximum atomic E-state index is 12.7. The van der Waals surface area contributed by atoms with E-state index in [1.54, 1.807) is 12.1 Å². The van der Waals surface area contributed by atoms with Crippen molar-refractivity contribution in [3.63, 3.8) is 0 Å². The SMILES string of the molecule is O=C(c1cc(Cl)cc(Br)c1)C1CCOC2(CCOC2)C1. The van der Waals surface area contributed by atoms with Crippen LogP contribution in [0.1, 0.15) is 29.6 Å². The van der Waals surface area contributed by atoms with E-state index in [9.17, 15) is 4.79 Å². The second-order valence-corrected chi connectivity index (χ2v) is 6.90. The molecule has 0 radical (unpaired) electrons. The van der Waals surface area contributed by atoms with E-state index in [0.717, 1.165) is 30.3 Å². The van der Waals surface area contributed by atoms with Crippen LogP contribution in [0.5, 0.6) is 0 Å². The molecule has 3 nitrogen and oxygen atoms in total. The Morgan fingerprint density at radius 3 is 2.90 bits per heavy atom. The molecular weight excluding hydrogens is 344 g/mol. The zero-order valence-corrected chi connectivity index (χ0v) is 13.4. The van der Waals surface area contributed by atoms with Crippen LogP contribution in [0.2, 0.25) is 5.02 Å². The van der Waals surface area contributed by atoms with Gasteiger partial charge in [-0.1, -0.05) is 27.5 Å². The van der Waals surface area contributed by atoms with Gasteiger partial charge in [0.15, 0.2) is 5.78 Å². The van der Waals surface area contributed by atoms with Crippen molar-refractivity contribution in [1.82, 2.24) is 0 Å². The number of hydrogen-bond acceptors (Lipinski definition) is 3. The van der Waals surface area contributed by atoms with E-state index < -0.39 is 0 Å². The van der Waals surface area contributed by atoms with Crippen LogP contribution >= 0.6 is 27.5 Å². The minimum atomic E-state index is -0.242. The summed E-state index contributed by atoms with van der Waals surface area (Å²) in [5.41, 5.74) is 0.430. The third-order valence-corrected chi connectivity index (χ3v) is 4.75. The van der Waals surface area contributed by atoms with Crippen LogP contribution in [-0.2, 0) is 9.47 Å². The molecule has 2 heterocycles. The monoisotopic (exact) mass is 358 g/mol. The van der Waals surface area contributed by atoms with E-state index in [2.05, 4.69) is 15.9 Å². The zero-order chi connectivity index (χ0) is 14.2. The van der Waals surface area contributed by atoms with Gasteiger partial charge in [-0.3, -0.25) is 4.79 Å². The molecule has 2 fully saturated rings. The van der Waals surface area contributed by atoms with E-state index in [-0.39, 0.29) is 17.3 Å². The fourth-order valence-corrected chi connectivity index (χ4v) is 3.91. The van der Waals surface area contributed by atoms with Gasteiger partial charge < -0.3 is 9.47 Å². The number of rotatable bonds is 2. The predicted molar refractivity (Wildman–Crippen MR) is 80.3 cm³/mol. The van der Waals surface area contributed by atoms with E-state index >= 15 is 0 Å². The highest BCUT2D eigenvalue weighted by atomic mass is 79.9. The lowest BCUT2D eigenvalue weighted by molar-refractivity contribution is -0.0920. The highest BCUT2D eigenvalue weighted by molar-refractivity contribution is 9.10. The number of carbonyl (C=O) groups excluding carboxylic acids is 1. The van der Waals surface area contributed by atoms with Crippen molar-refractivity contribution in [3.05, 3.63) is 33.3 Å². The minimum Gasteiger partial charge on any atom is -0.378 e. The number of ether oxygens (including phenoxy) is 2. The van der Waals surface area contributed by atoms with Gasteiger partial charge in [0.05, 0.1) is 12.2 Å². The van der Waals surface area contributed by atoms with E-state index in [1.807, 2.05) is 6.07 Å². The smallest absolute Gasteiger partial charge is 0.166 e. The summed E-state index contributed by atoms with van der Waals surface area (Å²) in [6.07, 6.45) is 2.40. The Balaban J connectivity index is 1.79. The van der Waals surface area contributed by atoms with Crippen molar-refractivity contribution in [1.29, 1.82) is 0 Å². The molecule has 0 aliphatic carbocycles. The lowest BCUT2D eigenvalue weighted by Gasteiger charge is -2.36. The molecule has 0 bridgehead atoms. The summed E-state index contributed by atoms with van der Waals surface area (Å²) in [7, 11) is 0. The molecule has 2 saturated heterocycles. The first-order valence-electron chi connectivity index (χ1n) is 6.80. The summed E-state index contributed by atoms with van der Waals surface area (Å²) in [4.78, 5) is 12.7. The number of carbonyl (C=O) groups is 1. The Morgan fingerprint density at radius 2 is 2.20 bits per heavy atom. The summed E-state index contributed by atoms with van der Waals surface area (Å²) in [6, 6.07) is 5.36. The molecule has 2 atom stereocenters. The van der Waals surface area contributed by atoms with Gasteiger partial charge in [-0.25, -0.2) is 0 Å². The van der Waals surface area contributed by atoms with Crippen LogP contribution in [0.3, 0.4) is 0 Å². The lowest BCUT2D eigenvalue weighted by atomic mass is 9.81.